The van der Waals surface area contributed by atoms with Crippen LogP contribution in [-0.2, 0) is 0 Å². The van der Waals surface area contributed by atoms with Crippen LogP contribution in [0.1, 0.15) is 20.7 Å². The molecule has 4 aromatic carbocycles. The summed E-state index contributed by atoms with van der Waals surface area (Å²) in [5.41, 5.74) is 5.91. The Labute approximate surface area is 318 Å². The van der Waals surface area contributed by atoms with Gasteiger partial charge in [-0.25, -0.2) is 19.9 Å². The van der Waals surface area contributed by atoms with Gasteiger partial charge in [-0.1, -0.05) is 59.1 Å². The number of para-hydroxylation sites is 1. The smallest absolute Gasteiger partial charge is 0.259 e. The lowest BCUT2D eigenvalue weighted by Crippen LogP contribution is -2.13. The van der Waals surface area contributed by atoms with Gasteiger partial charge in [0.25, 0.3) is 11.8 Å². The minimum absolute atomic E-state index is 0.188. The summed E-state index contributed by atoms with van der Waals surface area (Å²) in [5.74, 6) is 1.08. The maximum atomic E-state index is 12.8. The number of nitrogens with zero attached hydrogens (tertiary/aromatic N) is 4. The molecule has 8 rings (SSSR count). The van der Waals surface area contributed by atoms with E-state index in [0.717, 1.165) is 41.8 Å². The number of amides is 2. The maximum absolute atomic E-state index is 12.8. The molecule has 0 spiro atoms. The van der Waals surface area contributed by atoms with Crippen molar-refractivity contribution >= 4 is 66.6 Å². The third kappa shape index (κ3) is 8.02. The highest BCUT2D eigenvalue weighted by molar-refractivity contribution is 7.21. The Hall–Kier alpha value is -6.70. The van der Waals surface area contributed by atoms with Crippen LogP contribution in [0.5, 0.6) is 17.2 Å². The highest BCUT2D eigenvalue weighted by atomic mass is 32.1. The van der Waals surface area contributed by atoms with Crippen molar-refractivity contribution in [2.75, 3.05) is 32.0 Å². The molecule has 13 heteroatoms. The molecule has 0 unspecified atom stereocenters. The zero-order chi connectivity index (χ0) is 37.4. The Morgan fingerprint density at radius 3 is 1.70 bits per heavy atom. The summed E-state index contributed by atoms with van der Waals surface area (Å²) in [7, 11) is 4.62. The summed E-state index contributed by atoms with van der Waals surface area (Å²) in [6, 6.07) is 35.1. The fourth-order valence-corrected chi connectivity index (χ4v) is 7.29. The van der Waals surface area contributed by atoms with E-state index in [1.54, 1.807) is 62.0 Å². The molecule has 268 valence electrons. The van der Waals surface area contributed by atoms with E-state index in [-0.39, 0.29) is 11.8 Å². The third-order valence-electron chi connectivity index (χ3n) is 8.05. The summed E-state index contributed by atoms with van der Waals surface area (Å²) in [6.07, 6.45) is 3.51. The number of benzene rings is 4. The van der Waals surface area contributed by atoms with E-state index >= 15 is 0 Å². The van der Waals surface area contributed by atoms with Crippen LogP contribution < -0.4 is 24.8 Å². The molecule has 4 heterocycles. The SMILES string of the molecule is COc1cccc(C(=O)Nc2cccc(-c3nc4cccnc4s3)c2)c1.COc1cccc(C(=O)Nc2cccc(-c3nc4cccnc4s3)c2)c1OC. The van der Waals surface area contributed by atoms with Gasteiger partial charge in [-0.05, 0) is 78.9 Å². The lowest BCUT2D eigenvalue weighted by atomic mass is 10.1. The van der Waals surface area contributed by atoms with Crippen molar-refractivity contribution in [3.63, 3.8) is 0 Å². The number of hydrogen-bond donors (Lipinski definition) is 2. The van der Waals surface area contributed by atoms with Crippen LogP contribution in [0, 0.1) is 0 Å². The normalized spacial score (nSPS) is 10.6. The molecule has 11 nitrogen and oxygen atoms in total. The average Bonchev–Trinajstić information content (AvgIpc) is 3.86. The number of pyridine rings is 2. The molecule has 8 aromatic rings. The van der Waals surface area contributed by atoms with Gasteiger partial charge in [0, 0.05) is 40.5 Å². The molecule has 0 aliphatic carbocycles. The van der Waals surface area contributed by atoms with E-state index in [1.807, 2.05) is 72.8 Å². The van der Waals surface area contributed by atoms with Crippen LogP contribution in [0.4, 0.5) is 11.4 Å². The highest BCUT2D eigenvalue weighted by Crippen LogP contribution is 2.33. The number of rotatable bonds is 9. The average molecular weight is 753 g/mol. The molecule has 0 bridgehead atoms. The second-order valence-corrected chi connectivity index (χ2v) is 13.5. The summed E-state index contributed by atoms with van der Waals surface area (Å²) < 4.78 is 15.8. The molecule has 2 amide bonds. The van der Waals surface area contributed by atoms with E-state index in [1.165, 1.54) is 36.9 Å². The Morgan fingerprint density at radius 1 is 0.574 bits per heavy atom. The topological polar surface area (TPSA) is 137 Å². The molecule has 0 fully saturated rings. The number of fused-ring (bicyclic) bond motifs is 2. The molecule has 2 N–H and O–H groups in total. The fourth-order valence-electron chi connectivity index (χ4n) is 5.48. The Bertz CT molecular complexity index is 2540. The predicted molar refractivity (Wildman–Crippen MR) is 214 cm³/mol. The Balaban J connectivity index is 0.000000167. The highest BCUT2D eigenvalue weighted by Gasteiger charge is 2.17. The van der Waals surface area contributed by atoms with Gasteiger partial charge in [0.1, 0.15) is 36.5 Å². The molecule has 0 aliphatic rings. The zero-order valence-electron chi connectivity index (χ0n) is 29.3. The molecule has 0 saturated heterocycles. The van der Waals surface area contributed by atoms with E-state index in [9.17, 15) is 9.59 Å². The lowest BCUT2D eigenvalue weighted by molar-refractivity contribution is 0.101. The van der Waals surface area contributed by atoms with Gasteiger partial charge in [0.2, 0.25) is 0 Å². The van der Waals surface area contributed by atoms with Crippen molar-refractivity contribution in [2.24, 2.45) is 0 Å². The van der Waals surface area contributed by atoms with Crippen LogP contribution >= 0.6 is 22.7 Å². The molecular weight excluding hydrogens is 721 g/mol. The lowest BCUT2D eigenvalue weighted by Gasteiger charge is -2.12. The van der Waals surface area contributed by atoms with Crippen molar-refractivity contribution in [3.05, 3.63) is 139 Å². The van der Waals surface area contributed by atoms with Crippen molar-refractivity contribution in [1.82, 2.24) is 19.9 Å². The number of methoxy groups -OCH3 is 3. The fraction of sp³-hybridized carbons (Fsp3) is 0.0732. The quantitative estimate of drug-likeness (QED) is 0.148. The summed E-state index contributed by atoms with van der Waals surface area (Å²) in [6.45, 7) is 0. The first-order valence-electron chi connectivity index (χ1n) is 16.5. The van der Waals surface area contributed by atoms with E-state index in [2.05, 4.69) is 30.6 Å². The van der Waals surface area contributed by atoms with Gasteiger partial charge < -0.3 is 24.8 Å². The van der Waals surface area contributed by atoms with Gasteiger partial charge in [-0.3, -0.25) is 9.59 Å². The van der Waals surface area contributed by atoms with Gasteiger partial charge in [-0.2, -0.15) is 0 Å². The number of anilines is 2. The number of nitrogens with one attached hydrogen (secondary N) is 2. The second-order valence-electron chi connectivity index (χ2n) is 11.5. The number of carbonyl (C=O) groups is 2. The Kier molecular flexibility index (Phi) is 10.8. The number of hydrogen-bond acceptors (Lipinski definition) is 11. The zero-order valence-corrected chi connectivity index (χ0v) is 30.9. The van der Waals surface area contributed by atoms with Gasteiger partial charge in [-0.15, -0.1) is 0 Å². The first-order valence-corrected chi connectivity index (χ1v) is 18.2. The van der Waals surface area contributed by atoms with E-state index in [0.29, 0.717) is 39.8 Å². The number of carbonyl (C=O) groups excluding carboxylic acids is 2. The largest absolute Gasteiger partial charge is 0.497 e. The molecule has 0 radical (unpaired) electrons. The van der Waals surface area contributed by atoms with Crippen molar-refractivity contribution in [1.29, 1.82) is 0 Å². The number of ether oxygens (including phenoxy) is 3. The molecule has 0 aliphatic heterocycles. The molecule has 4 aromatic heterocycles. The summed E-state index contributed by atoms with van der Waals surface area (Å²) >= 11 is 3.04. The number of aromatic nitrogens is 4. The van der Waals surface area contributed by atoms with Crippen molar-refractivity contribution < 1.29 is 23.8 Å². The van der Waals surface area contributed by atoms with Crippen LogP contribution in [0.2, 0.25) is 0 Å². The third-order valence-corrected chi connectivity index (χ3v) is 10.1. The predicted octanol–water partition coefficient (Wildman–Crippen LogP) is 9.25. The molecular formula is C41H32N6O5S2. The van der Waals surface area contributed by atoms with Gasteiger partial charge >= 0.3 is 0 Å². The minimum Gasteiger partial charge on any atom is -0.497 e. The maximum Gasteiger partial charge on any atom is 0.259 e. The number of thiazole rings is 2. The monoisotopic (exact) mass is 752 g/mol. The summed E-state index contributed by atoms with van der Waals surface area (Å²) in [4.78, 5) is 44.9. The van der Waals surface area contributed by atoms with Crippen molar-refractivity contribution in [2.45, 2.75) is 0 Å². The van der Waals surface area contributed by atoms with Gasteiger partial charge in [0.15, 0.2) is 11.5 Å². The van der Waals surface area contributed by atoms with Crippen LogP contribution in [0.3, 0.4) is 0 Å². The summed E-state index contributed by atoms with van der Waals surface area (Å²) in [5, 5.41) is 7.56. The van der Waals surface area contributed by atoms with Gasteiger partial charge in [0.05, 0.1) is 26.9 Å². The standard InChI is InChI=1S/C21H17N3O3S.C20H15N3O2S/c1-26-17-10-4-8-15(18(17)27-2)19(25)23-14-7-3-6-13(12-14)20-24-16-9-5-11-22-21(16)28-20;1-25-16-8-3-5-13(12-16)18(24)22-15-7-2-6-14(11-15)19-23-17-9-4-10-21-20(17)26-19/h3-12H,1-2H3,(H,23,25);2-12H,1H3,(H,22,24). The van der Waals surface area contributed by atoms with E-state index in [4.69, 9.17) is 14.2 Å². The first-order chi connectivity index (χ1) is 26.4. The molecule has 54 heavy (non-hydrogen) atoms. The molecule has 0 saturated carbocycles. The Morgan fingerprint density at radius 2 is 1.15 bits per heavy atom. The first kappa shape index (κ1) is 35.7. The molecule has 0 atom stereocenters. The minimum atomic E-state index is -0.279. The van der Waals surface area contributed by atoms with Crippen LogP contribution in [0.15, 0.2) is 128 Å². The van der Waals surface area contributed by atoms with Crippen LogP contribution in [-0.4, -0.2) is 53.1 Å². The van der Waals surface area contributed by atoms with E-state index < -0.39 is 0 Å². The van der Waals surface area contributed by atoms with Crippen LogP contribution in [0.25, 0.3) is 41.8 Å². The van der Waals surface area contributed by atoms with Crippen molar-refractivity contribution in [3.8, 4) is 38.4 Å². The second kappa shape index (κ2) is 16.3.